The molecule has 0 unspecified atom stereocenters. The zero-order valence-corrected chi connectivity index (χ0v) is 21.2. The van der Waals surface area contributed by atoms with E-state index in [1.165, 1.54) is 10.8 Å². The molecule has 0 saturated carbocycles. The van der Waals surface area contributed by atoms with Crippen LogP contribution in [0.2, 0.25) is 5.02 Å². The number of anilines is 2. The molecule has 3 aromatic carbocycles. The molecule has 5 rings (SSSR count). The number of halogens is 1. The molecule has 0 fully saturated rings. The minimum absolute atomic E-state index is 0.197. The Balaban J connectivity index is 1.34. The van der Waals surface area contributed by atoms with Crippen molar-refractivity contribution in [3.63, 3.8) is 0 Å². The van der Waals surface area contributed by atoms with Crippen LogP contribution in [0.4, 0.5) is 11.6 Å². The van der Waals surface area contributed by atoms with Gasteiger partial charge < -0.3 is 21.4 Å². The van der Waals surface area contributed by atoms with Crippen molar-refractivity contribution in [1.82, 2.24) is 24.8 Å². The number of nitrogen functional groups attached to an aromatic ring is 1. The largest absolute Gasteiger partial charge is 0.379 e. The summed E-state index contributed by atoms with van der Waals surface area (Å²) in [5.41, 5.74) is 9.95. The van der Waals surface area contributed by atoms with E-state index in [4.69, 9.17) is 17.3 Å². The maximum Gasteiger partial charge on any atom is 0.277 e. The van der Waals surface area contributed by atoms with E-state index >= 15 is 0 Å². The summed E-state index contributed by atoms with van der Waals surface area (Å²) in [5.74, 6) is 0.389. The average molecular weight is 528 g/mol. The Hall–Kier alpha value is -4.63. The first-order valence-electron chi connectivity index (χ1n) is 12.1. The summed E-state index contributed by atoms with van der Waals surface area (Å²) in [6.07, 6.45) is 2.25. The first kappa shape index (κ1) is 25.0. The standard InChI is InChI=1S/C28H26ClN7O2/c29-21-9-7-20(8-10-21)26-33-16-24(31-13-12-18-4-2-1-3-5-18)27(38)36(26)17-25(37)32-15-19-6-11-22-23(14-19)35-28(30)34-22/h1-11,14,16,31H,12-13,15,17H2,(H,32,37)(H3,30,34,35). The monoisotopic (exact) mass is 527 g/mol. The Bertz CT molecular complexity index is 1630. The lowest BCUT2D eigenvalue weighted by molar-refractivity contribution is -0.121. The fraction of sp³-hybridized carbons (Fsp3) is 0.143. The van der Waals surface area contributed by atoms with E-state index in [9.17, 15) is 9.59 Å². The molecule has 5 aromatic rings. The highest BCUT2D eigenvalue weighted by atomic mass is 35.5. The molecule has 10 heteroatoms. The number of hydrogen-bond acceptors (Lipinski definition) is 6. The van der Waals surface area contributed by atoms with Crippen LogP contribution < -0.4 is 21.9 Å². The zero-order valence-electron chi connectivity index (χ0n) is 20.4. The number of rotatable bonds is 9. The summed E-state index contributed by atoms with van der Waals surface area (Å²) in [4.78, 5) is 38.1. The van der Waals surface area contributed by atoms with Gasteiger partial charge in [0, 0.05) is 23.7 Å². The number of aromatic amines is 1. The Morgan fingerprint density at radius 2 is 1.82 bits per heavy atom. The smallest absolute Gasteiger partial charge is 0.277 e. The van der Waals surface area contributed by atoms with Gasteiger partial charge in [-0.05, 0) is 53.9 Å². The van der Waals surface area contributed by atoms with E-state index in [2.05, 4.69) is 25.6 Å². The number of fused-ring (bicyclic) bond motifs is 1. The first-order chi connectivity index (χ1) is 18.5. The molecule has 192 valence electrons. The Labute approximate surface area is 223 Å². The molecule has 0 aliphatic heterocycles. The minimum atomic E-state index is -0.331. The number of carbonyl (C=O) groups is 1. The summed E-state index contributed by atoms with van der Waals surface area (Å²) < 4.78 is 1.38. The molecule has 0 aliphatic rings. The number of imidazole rings is 1. The molecule has 2 aromatic heterocycles. The maximum absolute atomic E-state index is 13.5. The fourth-order valence-corrected chi connectivity index (χ4v) is 4.29. The summed E-state index contributed by atoms with van der Waals surface area (Å²) in [7, 11) is 0. The highest BCUT2D eigenvalue weighted by molar-refractivity contribution is 6.30. The molecule has 0 radical (unpaired) electrons. The molecule has 0 aliphatic carbocycles. The summed E-state index contributed by atoms with van der Waals surface area (Å²) in [6.45, 7) is 0.631. The second-order valence-corrected chi connectivity index (χ2v) is 9.24. The highest BCUT2D eigenvalue weighted by Gasteiger charge is 2.15. The number of aromatic nitrogens is 4. The van der Waals surface area contributed by atoms with Crippen molar-refractivity contribution >= 4 is 40.2 Å². The first-order valence-corrected chi connectivity index (χ1v) is 12.5. The summed E-state index contributed by atoms with van der Waals surface area (Å²) >= 11 is 6.05. The number of nitrogens with zero attached hydrogens (tertiary/aromatic N) is 3. The van der Waals surface area contributed by atoms with Crippen LogP contribution in [-0.4, -0.2) is 32.0 Å². The molecule has 0 saturated heterocycles. The van der Waals surface area contributed by atoms with Gasteiger partial charge in [0.15, 0.2) is 5.95 Å². The predicted octanol–water partition coefficient (Wildman–Crippen LogP) is 3.99. The van der Waals surface area contributed by atoms with Gasteiger partial charge in [0.1, 0.15) is 18.1 Å². The van der Waals surface area contributed by atoms with Crippen molar-refractivity contribution in [3.05, 3.63) is 105 Å². The average Bonchev–Trinajstić information content (AvgIpc) is 3.30. The number of amides is 1. The second kappa shape index (κ2) is 11.2. The van der Waals surface area contributed by atoms with Gasteiger partial charge in [0.05, 0.1) is 17.2 Å². The van der Waals surface area contributed by atoms with Crippen LogP contribution in [0.3, 0.4) is 0 Å². The molecular formula is C28H26ClN7O2. The lowest BCUT2D eigenvalue weighted by atomic mass is 10.1. The molecule has 0 atom stereocenters. The second-order valence-electron chi connectivity index (χ2n) is 8.81. The van der Waals surface area contributed by atoms with Gasteiger partial charge in [-0.1, -0.05) is 48.0 Å². The van der Waals surface area contributed by atoms with Crippen molar-refractivity contribution in [2.45, 2.75) is 19.5 Å². The maximum atomic E-state index is 13.5. The van der Waals surface area contributed by atoms with Gasteiger partial charge in [-0.3, -0.25) is 14.2 Å². The Morgan fingerprint density at radius 1 is 1.03 bits per heavy atom. The highest BCUT2D eigenvalue weighted by Crippen LogP contribution is 2.20. The number of nitrogens with two attached hydrogens (primary N) is 1. The van der Waals surface area contributed by atoms with Crippen molar-refractivity contribution in [3.8, 4) is 11.4 Å². The lowest BCUT2D eigenvalue weighted by Crippen LogP contribution is -2.34. The molecule has 38 heavy (non-hydrogen) atoms. The van der Waals surface area contributed by atoms with Gasteiger partial charge in [-0.2, -0.15) is 0 Å². The van der Waals surface area contributed by atoms with E-state index in [1.807, 2.05) is 48.5 Å². The van der Waals surface area contributed by atoms with E-state index < -0.39 is 0 Å². The third-order valence-electron chi connectivity index (χ3n) is 6.08. The Morgan fingerprint density at radius 3 is 2.61 bits per heavy atom. The zero-order chi connectivity index (χ0) is 26.5. The van der Waals surface area contributed by atoms with Gasteiger partial charge in [0.25, 0.3) is 5.56 Å². The fourth-order valence-electron chi connectivity index (χ4n) is 4.16. The predicted molar refractivity (Wildman–Crippen MR) is 150 cm³/mol. The van der Waals surface area contributed by atoms with Crippen LogP contribution in [0, 0.1) is 0 Å². The van der Waals surface area contributed by atoms with Crippen molar-refractivity contribution in [2.75, 3.05) is 17.6 Å². The third kappa shape index (κ3) is 5.84. The minimum Gasteiger partial charge on any atom is -0.379 e. The van der Waals surface area contributed by atoms with Gasteiger partial charge in [-0.25, -0.2) is 9.97 Å². The molecule has 2 heterocycles. The number of nitrogens with one attached hydrogen (secondary N) is 3. The Kier molecular flexibility index (Phi) is 7.37. The number of benzene rings is 3. The molecular weight excluding hydrogens is 502 g/mol. The van der Waals surface area contributed by atoms with Crippen LogP contribution in [0.5, 0.6) is 0 Å². The number of H-pyrrole nitrogens is 1. The van der Waals surface area contributed by atoms with E-state index in [1.54, 1.807) is 24.3 Å². The van der Waals surface area contributed by atoms with Crippen LogP contribution in [-0.2, 0) is 24.3 Å². The van der Waals surface area contributed by atoms with Crippen LogP contribution in [0.1, 0.15) is 11.1 Å². The number of hydrogen-bond donors (Lipinski definition) is 4. The van der Waals surface area contributed by atoms with Crippen LogP contribution in [0.25, 0.3) is 22.4 Å². The van der Waals surface area contributed by atoms with Crippen molar-refractivity contribution < 1.29 is 4.79 Å². The topological polar surface area (TPSA) is 131 Å². The lowest BCUT2D eigenvalue weighted by Gasteiger charge is -2.15. The normalized spacial score (nSPS) is 11.0. The van der Waals surface area contributed by atoms with Gasteiger partial charge in [-0.15, -0.1) is 0 Å². The van der Waals surface area contributed by atoms with E-state index in [-0.39, 0.29) is 24.6 Å². The molecule has 9 nitrogen and oxygen atoms in total. The van der Waals surface area contributed by atoms with Crippen molar-refractivity contribution in [1.29, 1.82) is 0 Å². The van der Waals surface area contributed by atoms with Gasteiger partial charge in [0.2, 0.25) is 5.91 Å². The van der Waals surface area contributed by atoms with Crippen molar-refractivity contribution in [2.24, 2.45) is 0 Å². The SMILES string of the molecule is Nc1nc2ccc(CNC(=O)Cn3c(-c4ccc(Cl)cc4)ncc(NCCc4ccccc4)c3=O)cc2[nH]1. The molecule has 0 bridgehead atoms. The van der Waals surface area contributed by atoms with E-state index in [0.717, 1.165) is 28.6 Å². The summed E-state index contributed by atoms with van der Waals surface area (Å²) in [5, 5.41) is 6.62. The molecule has 5 N–H and O–H groups in total. The number of carbonyl (C=O) groups excluding carboxylic acids is 1. The molecule has 1 amide bonds. The third-order valence-corrected chi connectivity index (χ3v) is 6.33. The van der Waals surface area contributed by atoms with Gasteiger partial charge >= 0.3 is 0 Å². The summed E-state index contributed by atoms with van der Waals surface area (Å²) in [6, 6.07) is 22.5. The molecule has 0 spiro atoms. The quantitative estimate of drug-likeness (QED) is 0.229. The van der Waals surface area contributed by atoms with Crippen LogP contribution >= 0.6 is 11.6 Å². The van der Waals surface area contributed by atoms with E-state index in [0.29, 0.717) is 34.6 Å². The van der Waals surface area contributed by atoms with Crippen LogP contribution in [0.15, 0.2) is 83.8 Å².